The van der Waals surface area contributed by atoms with E-state index in [9.17, 15) is 13.2 Å². The average molecular weight is 317 g/mol. The average Bonchev–Trinajstić information content (AvgIpc) is 2.84. The third-order valence-electron chi connectivity index (χ3n) is 3.31. The molecule has 0 spiro atoms. The van der Waals surface area contributed by atoms with E-state index in [1.807, 2.05) is 6.92 Å². The van der Waals surface area contributed by atoms with Crippen molar-refractivity contribution in [3.63, 3.8) is 0 Å². The zero-order valence-corrected chi connectivity index (χ0v) is 13.0. The molecule has 112 valence electrons. The SMILES string of the molecule is Cc1ccc(S(=O)(=O)N(CC(N)=O)C2CCNCC2)s1. The fraction of sp³-hybridized carbons (Fsp3) is 0.583. The molecule has 8 heteroatoms. The van der Waals surface area contributed by atoms with Gasteiger partial charge in [-0.05, 0) is 45.0 Å². The summed E-state index contributed by atoms with van der Waals surface area (Å²) < 4.78 is 26.9. The molecule has 0 aliphatic carbocycles. The van der Waals surface area contributed by atoms with E-state index in [0.717, 1.165) is 18.0 Å². The molecule has 1 fully saturated rings. The molecule has 6 nitrogen and oxygen atoms in total. The third kappa shape index (κ3) is 3.38. The molecule has 1 amide bonds. The van der Waals surface area contributed by atoms with Gasteiger partial charge in [-0.15, -0.1) is 11.3 Å². The minimum absolute atomic E-state index is 0.170. The van der Waals surface area contributed by atoms with Crippen LogP contribution in [0.25, 0.3) is 0 Å². The molecule has 20 heavy (non-hydrogen) atoms. The van der Waals surface area contributed by atoms with Crippen LogP contribution in [0.15, 0.2) is 16.3 Å². The molecule has 3 N–H and O–H groups in total. The Labute approximate surface area is 123 Å². The maximum absolute atomic E-state index is 12.7. The molecular formula is C12H19N3O3S2. The first kappa shape index (κ1) is 15.4. The molecule has 1 saturated heterocycles. The number of nitrogens with one attached hydrogen (secondary N) is 1. The molecule has 1 aliphatic heterocycles. The van der Waals surface area contributed by atoms with Crippen LogP contribution in [0.3, 0.4) is 0 Å². The number of carbonyl (C=O) groups excluding carboxylic acids is 1. The number of piperidine rings is 1. The summed E-state index contributed by atoms with van der Waals surface area (Å²) in [6, 6.07) is 3.18. The Balaban J connectivity index is 2.31. The maximum atomic E-state index is 12.7. The second kappa shape index (κ2) is 6.21. The molecule has 0 radical (unpaired) electrons. The summed E-state index contributed by atoms with van der Waals surface area (Å²) in [6.45, 7) is 3.09. The van der Waals surface area contributed by atoms with Crippen LogP contribution in [-0.4, -0.2) is 44.3 Å². The number of sulfonamides is 1. The third-order valence-corrected chi connectivity index (χ3v) is 6.67. The highest BCUT2D eigenvalue weighted by atomic mass is 32.2. The predicted octanol–water partition coefficient (Wildman–Crippen LogP) is 0.285. The summed E-state index contributed by atoms with van der Waals surface area (Å²) in [7, 11) is -3.65. The maximum Gasteiger partial charge on any atom is 0.253 e. The lowest BCUT2D eigenvalue weighted by molar-refractivity contribution is -0.118. The van der Waals surface area contributed by atoms with Crippen LogP contribution < -0.4 is 11.1 Å². The number of nitrogens with two attached hydrogens (primary N) is 1. The largest absolute Gasteiger partial charge is 0.369 e. The molecule has 2 rings (SSSR count). The number of carbonyl (C=O) groups is 1. The van der Waals surface area contributed by atoms with Gasteiger partial charge in [0.1, 0.15) is 4.21 Å². The topological polar surface area (TPSA) is 92.5 Å². The minimum atomic E-state index is -3.65. The van der Waals surface area contributed by atoms with Crippen molar-refractivity contribution in [3.05, 3.63) is 17.0 Å². The molecule has 1 aromatic rings. The van der Waals surface area contributed by atoms with Crippen molar-refractivity contribution in [2.75, 3.05) is 19.6 Å². The highest BCUT2D eigenvalue weighted by Crippen LogP contribution is 2.27. The van der Waals surface area contributed by atoms with Crippen molar-refractivity contribution >= 4 is 27.3 Å². The van der Waals surface area contributed by atoms with Crippen LogP contribution in [-0.2, 0) is 14.8 Å². The molecular weight excluding hydrogens is 298 g/mol. The van der Waals surface area contributed by atoms with E-state index in [2.05, 4.69) is 5.32 Å². The molecule has 1 aliphatic rings. The normalized spacial score (nSPS) is 17.5. The first-order valence-electron chi connectivity index (χ1n) is 6.48. The number of nitrogens with zero attached hydrogens (tertiary/aromatic N) is 1. The number of thiophene rings is 1. The Morgan fingerprint density at radius 1 is 1.45 bits per heavy atom. The number of aryl methyl sites for hydroxylation is 1. The fourth-order valence-electron chi connectivity index (χ4n) is 2.32. The van der Waals surface area contributed by atoms with E-state index in [-0.39, 0.29) is 16.8 Å². The van der Waals surface area contributed by atoms with E-state index in [4.69, 9.17) is 5.73 Å². The van der Waals surface area contributed by atoms with Crippen LogP contribution in [0.5, 0.6) is 0 Å². The summed E-state index contributed by atoms with van der Waals surface area (Å²) in [5.74, 6) is -0.625. The molecule has 1 aromatic heterocycles. The van der Waals surface area contributed by atoms with Crippen molar-refractivity contribution in [1.29, 1.82) is 0 Å². The molecule has 0 unspecified atom stereocenters. The van der Waals surface area contributed by atoms with Crippen LogP contribution in [0.4, 0.5) is 0 Å². The van der Waals surface area contributed by atoms with Gasteiger partial charge in [0, 0.05) is 10.9 Å². The Morgan fingerprint density at radius 2 is 2.10 bits per heavy atom. The number of rotatable bonds is 5. The Hall–Kier alpha value is -0.960. The predicted molar refractivity (Wildman–Crippen MR) is 78.0 cm³/mol. The molecule has 0 atom stereocenters. The molecule has 0 aromatic carbocycles. The van der Waals surface area contributed by atoms with E-state index in [0.29, 0.717) is 12.8 Å². The first-order chi connectivity index (χ1) is 9.41. The van der Waals surface area contributed by atoms with Gasteiger partial charge in [0.15, 0.2) is 0 Å². The lowest BCUT2D eigenvalue weighted by atomic mass is 10.1. The molecule has 0 saturated carbocycles. The standard InChI is InChI=1S/C12H19N3O3S2/c1-9-2-3-12(19-9)20(17,18)15(8-11(13)16)10-4-6-14-7-5-10/h2-3,10,14H,4-8H2,1H3,(H2,13,16). The number of amides is 1. The van der Waals surface area contributed by atoms with Gasteiger partial charge in [-0.1, -0.05) is 0 Å². The number of hydrogen-bond donors (Lipinski definition) is 2. The minimum Gasteiger partial charge on any atom is -0.369 e. The van der Waals surface area contributed by atoms with Crippen molar-refractivity contribution in [3.8, 4) is 0 Å². The van der Waals surface area contributed by atoms with E-state index in [1.165, 1.54) is 15.6 Å². The lowest BCUT2D eigenvalue weighted by Crippen LogP contribution is -2.49. The van der Waals surface area contributed by atoms with Crippen molar-refractivity contribution in [2.24, 2.45) is 5.73 Å². The summed E-state index contributed by atoms with van der Waals surface area (Å²) in [4.78, 5) is 12.2. The van der Waals surface area contributed by atoms with E-state index < -0.39 is 15.9 Å². The van der Waals surface area contributed by atoms with E-state index >= 15 is 0 Å². The van der Waals surface area contributed by atoms with Crippen molar-refractivity contribution in [2.45, 2.75) is 30.0 Å². The zero-order valence-electron chi connectivity index (χ0n) is 11.3. The second-order valence-electron chi connectivity index (χ2n) is 4.86. The zero-order chi connectivity index (χ0) is 14.8. The first-order valence-corrected chi connectivity index (χ1v) is 8.74. The highest BCUT2D eigenvalue weighted by molar-refractivity contribution is 7.91. The van der Waals surface area contributed by atoms with Gasteiger partial charge in [0.2, 0.25) is 5.91 Å². The smallest absolute Gasteiger partial charge is 0.253 e. The highest BCUT2D eigenvalue weighted by Gasteiger charge is 2.34. The van der Waals surface area contributed by atoms with Gasteiger partial charge in [0.25, 0.3) is 10.0 Å². The van der Waals surface area contributed by atoms with Gasteiger partial charge >= 0.3 is 0 Å². The van der Waals surface area contributed by atoms with Crippen LogP contribution in [0.1, 0.15) is 17.7 Å². The summed E-state index contributed by atoms with van der Waals surface area (Å²) in [5.41, 5.74) is 5.22. The van der Waals surface area contributed by atoms with E-state index in [1.54, 1.807) is 12.1 Å². The second-order valence-corrected chi connectivity index (χ2v) is 8.27. The lowest BCUT2D eigenvalue weighted by Gasteiger charge is -2.32. The fourth-order valence-corrected chi connectivity index (χ4v) is 5.39. The Bertz CT molecular complexity index is 577. The van der Waals surface area contributed by atoms with Crippen LogP contribution in [0.2, 0.25) is 0 Å². The number of primary amides is 1. The Kier molecular flexibility index (Phi) is 4.79. The summed E-state index contributed by atoms with van der Waals surface area (Å²) in [6.07, 6.45) is 1.38. The Morgan fingerprint density at radius 3 is 2.60 bits per heavy atom. The van der Waals surface area contributed by atoms with Gasteiger partial charge in [0.05, 0.1) is 6.54 Å². The quantitative estimate of drug-likeness (QED) is 0.816. The molecule has 2 heterocycles. The van der Waals surface area contributed by atoms with Gasteiger partial charge in [-0.25, -0.2) is 8.42 Å². The van der Waals surface area contributed by atoms with Crippen LogP contribution >= 0.6 is 11.3 Å². The van der Waals surface area contributed by atoms with Gasteiger partial charge < -0.3 is 11.1 Å². The monoisotopic (exact) mass is 317 g/mol. The molecule has 0 bridgehead atoms. The summed E-state index contributed by atoms with van der Waals surface area (Å²) in [5, 5.41) is 3.18. The van der Waals surface area contributed by atoms with Crippen LogP contribution in [0, 0.1) is 6.92 Å². The van der Waals surface area contributed by atoms with Crippen molar-refractivity contribution < 1.29 is 13.2 Å². The summed E-state index contributed by atoms with van der Waals surface area (Å²) >= 11 is 1.22. The number of hydrogen-bond acceptors (Lipinski definition) is 5. The van der Waals surface area contributed by atoms with Gasteiger partial charge in [-0.3, -0.25) is 4.79 Å². The van der Waals surface area contributed by atoms with Crippen molar-refractivity contribution in [1.82, 2.24) is 9.62 Å². The van der Waals surface area contributed by atoms with Gasteiger partial charge in [-0.2, -0.15) is 4.31 Å².